The van der Waals surface area contributed by atoms with Crippen LogP contribution in [-0.4, -0.2) is 25.6 Å². The molecule has 0 aliphatic heterocycles. The van der Waals surface area contributed by atoms with E-state index in [1.807, 2.05) is 0 Å². The summed E-state index contributed by atoms with van der Waals surface area (Å²) in [4.78, 5) is 15.8. The summed E-state index contributed by atoms with van der Waals surface area (Å²) in [5.41, 5.74) is 4.12. The van der Waals surface area contributed by atoms with Crippen LogP contribution >= 0.6 is 11.6 Å². The third kappa shape index (κ3) is 5.76. The van der Waals surface area contributed by atoms with Crippen LogP contribution < -0.4 is 11.1 Å². The van der Waals surface area contributed by atoms with Gasteiger partial charge in [0.25, 0.3) is 0 Å². The molecule has 1 heterocycles. The van der Waals surface area contributed by atoms with Crippen LogP contribution in [0.4, 0.5) is 27.6 Å². The van der Waals surface area contributed by atoms with Gasteiger partial charge in [0.2, 0.25) is 5.91 Å². The smallest absolute Gasteiger partial charge is 0.396 e. The molecule has 0 aliphatic carbocycles. The number of nitrogens with zero attached hydrogens (tertiary/aromatic N) is 1. The van der Waals surface area contributed by atoms with E-state index in [1.54, 1.807) is 0 Å². The maximum absolute atomic E-state index is 14.5. The minimum atomic E-state index is -4.76. The Kier molecular flexibility index (Phi) is 7.61. The predicted octanol–water partition coefficient (Wildman–Crippen LogP) is 5.10. The van der Waals surface area contributed by atoms with Crippen molar-refractivity contribution in [3.63, 3.8) is 0 Å². The lowest BCUT2D eigenvalue weighted by Crippen LogP contribution is -2.28. The second kappa shape index (κ2) is 10.0. The Morgan fingerprint density at radius 2 is 1.81 bits per heavy atom. The number of rotatable bonds is 6. The maximum Gasteiger partial charge on any atom is 0.433 e. The van der Waals surface area contributed by atoms with Gasteiger partial charge in [-0.2, -0.15) is 13.2 Å². The summed E-state index contributed by atoms with van der Waals surface area (Å²) in [6.45, 7) is 1.11. The van der Waals surface area contributed by atoms with Crippen LogP contribution in [0.2, 0.25) is 5.02 Å². The lowest BCUT2D eigenvalue weighted by atomic mass is 9.98. The number of nitrogens with two attached hydrogens (primary N) is 1. The molecule has 6 nitrogen and oxygen atoms in total. The molecule has 0 fully saturated rings. The largest absolute Gasteiger partial charge is 0.433 e. The van der Waals surface area contributed by atoms with Gasteiger partial charge in [0, 0.05) is 18.4 Å². The normalized spacial score (nSPS) is 12.9. The van der Waals surface area contributed by atoms with Gasteiger partial charge in [-0.15, -0.1) is 0 Å². The van der Waals surface area contributed by atoms with Gasteiger partial charge >= 0.3 is 6.18 Å². The molecule has 0 unspecified atom stereocenters. The van der Waals surface area contributed by atoms with Crippen molar-refractivity contribution < 1.29 is 35.2 Å². The van der Waals surface area contributed by atoms with Crippen LogP contribution in [0.3, 0.4) is 0 Å². The number of nitrogen functional groups attached to an aromatic ring is 1. The molecule has 1 atom stereocenters. The van der Waals surface area contributed by atoms with Gasteiger partial charge in [-0.05, 0) is 48.4 Å². The zero-order chi connectivity index (χ0) is 27.0. The summed E-state index contributed by atoms with van der Waals surface area (Å²) in [7, 11) is -3.89. The van der Waals surface area contributed by atoms with Gasteiger partial charge in [-0.1, -0.05) is 23.7 Å². The van der Waals surface area contributed by atoms with Gasteiger partial charge in [-0.3, -0.25) is 4.79 Å². The number of carbonyl (C=O) groups excluding carboxylic acids is 1. The molecule has 1 aromatic heterocycles. The first-order chi connectivity index (χ1) is 16.6. The van der Waals surface area contributed by atoms with Crippen molar-refractivity contribution in [3.05, 3.63) is 75.9 Å². The van der Waals surface area contributed by atoms with E-state index in [2.05, 4.69) is 10.3 Å². The molecule has 3 rings (SSSR count). The molecule has 0 radical (unpaired) electrons. The van der Waals surface area contributed by atoms with E-state index >= 15 is 0 Å². The number of nitrogens with one attached hydrogen (secondary N) is 1. The highest BCUT2D eigenvalue weighted by atomic mass is 35.5. The summed E-state index contributed by atoms with van der Waals surface area (Å²) in [5, 5.41) is 2.19. The number of benzene rings is 2. The number of alkyl halides is 3. The second-order valence-electron chi connectivity index (χ2n) is 7.92. The Bertz CT molecular complexity index is 1450. The second-order valence-corrected chi connectivity index (χ2v) is 10.3. The number of aromatic nitrogens is 1. The number of hydrogen-bond donors (Lipinski definition) is 2. The quantitative estimate of drug-likeness (QED) is 0.330. The molecular weight excluding hydrogens is 529 g/mol. The average Bonchev–Trinajstić information content (AvgIpc) is 2.79. The van der Waals surface area contributed by atoms with Crippen molar-refractivity contribution in [3.8, 4) is 11.3 Å². The molecule has 0 spiro atoms. The highest BCUT2D eigenvalue weighted by Crippen LogP contribution is 2.33. The minimum Gasteiger partial charge on any atom is -0.396 e. The van der Waals surface area contributed by atoms with Crippen molar-refractivity contribution in [1.82, 2.24) is 10.3 Å². The molecule has 0 saturated heterocycles. The van der Waals surface area contributed by atoms with Crippen LogP contribution in [0.25, 0.3) is 11.3 Å². The van der Waals surface area contributed by atoms with Crippen molar-refractivity contribution in [2.75, 3.05) is 12.0 Å². The van der Waals surface area contributed by atoms with Gasteiger partial charge in [-0.25, -0.2) is 22.2 Å². The lowest BCUT2D eigenvalue weighted by Gasteiger charge is -2.18. The van der Waals surface area contributed by atoms with Gasteiger partial charge in [0.1, 0.15) is 16.4 Å². The van der Waals surface area contributed by atoms with Gasteiger partial charge in [0.15, 0.2) is 15.7 Å². The summed E-state index contributed by atoms with van der Waals surface area (Å²) < 4.78 is 91.1. The number of amides is 1. The standard InChI is InChI=1S/C23H19ClF5N3O3S/c1-11(14-5-7-17(36(2,34)35)19(26)20(14)30)22(33)31-10-13-4-8-18(23(27,28)29)32-21(13)12-3-6-16(25)15(24)9-12/h3-9,11H,10,30H2,1-2H3,(H,31,33)/t11-/m1/s1. The van der Waals surface area contributed by atoms with Crippen LogP contribution in [0.5, 0.6) is 0 Å². The van der Waals surface area contributed by atoms with Crippen molar-refractivity contribution in [2.45, 2.75) is 30.5 Å². The Labute approximate surface area is 208 Å². The topological polar surface area (TPSA) is 102 Å². The van der Waals surface area contributed by atoms with Crippen molar-refractivity contribution in [1.29, 1.82) is 0 Å². The fourth-order valence-electron chi connectivity index (χ4n) is 3.41. The molecule has 36 heavy (non-hydrogen) atoms. The third-order valence-electron chi connectivity index (χ3n) is 5.35. The lowest BCUT2D eigenvalue weighted by molar-refractivity contribution is -0.141. The number of sulfone groups is 1. The molecule has 192 valence electrons. The summed E-state index contributed by atoms with van der Waals surface area (Å²) in [6.07, 6.45) is -3.95. The molecule has 13 heteroatoms. The highest BCUT2D eigenvalue weighted by Gasteiger charge is 2.33. The van der Waals surface area contributed by atoms with E-state index in [4.69, 9.17) is 17.3 Å². The van der Waals surface area contributed by atoms with Crippen LogP contribution in [0.15, 0.2) is 47.4 Å². The number of pyridine rings is 1. The third-order valence-corrected chi connectivity index (χ3v) is 6.76. The molecule has 3 aromatic rings. The Hall–Kier alpha value is -3.25. The van der Waals surface area contributed by atoms with E-state index in [0.29, 0.717) is 0 Å². The zero-order valence-electron chi connectivity index (χ0n) is 18.8. The monoisotopic (exact) mass is 547 g/mol. The molecule has 0 aliphatic rings. The minimum absolute atomic E-state index is 0.0217. The first kappa shape index (κ1) is 27.3. The molecule has 2 aromatic carbocycles. The SMILES string of the molecule is C[C@@H](C(=O)NCc1ccc(C(F)(F)F)nc1-c1ccc(F)c(Cl)c1)c1ccc(S(C)(=O)=O)c(F)c1N. The highest BCUT2D eigenvalue weighted by molar-refractivity contribution is 7.90. The van der Waals surface area contributed by atoms with E-state index in [1.165, 1.54) is 19.1 Å². The van der Waals surface area contributed by atoms with Gasteiger partial charge < -0.3 is 11.1 Å². The Morgan fingerprint density at radius 3 is 2.39 bits per heavy atom. The predicted molar refractivity (Wildman–Crippen MR) is 124 cm³/mol. The Balaban J connectivity index is 1.91. The summed E-state index contributed by atoms with van der Waals surface area (Å²) in [6, 6.07) is 7.34. The molecule has 0 saturated carbocycles. The first-order valence-corrected chi connectivity index (χ1v) is 12.5. The van der Waals surface area contributed by atoms with E-state index < -0.39 is 55.7 Å². The number of hydrogen-bond acceptors (Lipinski definition) is 5. The zero-order valence-corrected chi connectivity index (χ0v) is 20.3. The molecule has 3 N–H and O–H groups in total. The van der Waals surface area contributed by atoms with Crippen molar-refractivity contribution in [2.24, 2.45) is 0 Å². The number of halogens is 6. The number of anilines is 1. The van der Waals surface area contributed by atoms with Crippen molar-refractivity contribution >= 4 is 33.0 Å². The maximum atomic E-state index is 14.5. The van der Waals surface area contributed by atoms with Crippen LogP contribution in [0.1, 0.15) is 29.7 Å². The van der Waals surface area contributed by atoms with E-state index in [-0.39, 0.29) is 34.0 Å². The van der Waals surface area contributed by atoms with E-state index in [9.17, 15) is 35.2 Å². The molecular formula is C23H19ClF5N3O3S. The summed E-state index contributed by atoms with van der Waals surface area (Å²) >= 11 is 5.77. The first-order valence-electron chi connectivity index (χ1n) is 10.2. The fraction of sp³-hybridized carbons (Fsp3) is 0.217. The van der Waals surface area contributed by atoms with Crippen LogP contribution in [-0.2, 0) is 27.4 Å². The summed E-state index contributed by atoms with van der Waals surface area (Å²) in [5.74, 6) is -3.67. The van der Waals surface area contributed by atoms with Gasteiger partial charge in [0.05, 0.1) is 22.3 Å². The average molecular weight is 548 g/mol. The number of carbonyl (C=O) groups is 1. The molecule has 0 bridgehead atoms. The molecule has 1 amide bonds. The van der Waals surface area contributed by atoms with E-state index in [0.717, 1.165) is 36.6 Å². The Morgan fingerprint density at radius 1 is 1.14 bits per heavy atom. The van der Waals surface area contributed by atoms with Crippen LogP contribution in [0, 0.1) is 11.6 Å². The fourth-order valence-corrected chi connectivity index (χ4v) is 4.34.